The number of benzene rings is 2. The lowest BCUT2D eigenvalue weighted by atomic mass is 9.86. The Balaban J connectivity index is 1.42. The molecule has 0 radical (unpaired) electrons. The molecule has 12 heteroatoms. The molecule has 3 heterocycles. The molecule has 9 nitrogen and oxygen atoms in total. The van der Waals surface area contributed by atoms with Gasteiger partial charge in [0.05, 0.1) is 12.3 Å². The molecule has 5 rings (SSSR count). The third-order valence-electron chi connectivity index (χ3n) is 6.48. The average molecular weight is 488 g/mol. The minimum absolute atomic E-state index is 0.0347. The van der Waals surface area contributed by atoms with Crippen LogP contribution in [0.1, 0.15) is 34.9 Å². The second-order valence-corrected chi connectivity index (χ2v) is 8.63. The summed E-state index contributed by atoms with van der Waals surface area (Å²) in [6.07, 6.45) is -4.48. The van der Waals surface area contributed by atoms with Crippen LogP contribution in [-0.4, -0.2) is 62.0 Å². The lowest BCUT2D eigenvalue weighted by molar-refractivity contribution is -0.146. The van der Waals surface area contributed by atoms with E-state index in [-0.39, 0.29) is 17.6 Å². The van der Waals surface area contributed by atoms with Crippen LogP contribution >= 0.6 is 0 Å². The van der Waals surface area contributed by atoms with Crippen LogP contribution < -0.4 is 10.1 Å². The van der Waals surface area contributed by atoms with Gasteiger partial charge in [0, 0.05) is 43.6 Å². The molecule has 2 aromatic carbocycles. The van der Waals surface area contributed by atoms with Crippen LogP contribution in [0.5, 0.6) is 5.75 Å². The smallest absolute Gasteiger partial charge is 0.453 e. The Kier molecular flexibility index (Phi) is 6.05. The first-order chi connectivity index (χ1) is 16.8. The van der Waals surface area contributed by atoms with Gasteiger partial charge in [-0.05, 0) is 40.1 Å². The number of amides is 1. The van der Waals surface area contributed by atoms with Crippen molar-refractivity contribution in [3.8, 4) is 11.4 Å². The van der Waals surface area contributed by atoms with E-state index in [0.29, 0.717) is 55.1 Å². The van der Waals surface area contributed by atoms with Crippen LogP contribution in [0.4, 0.5) is 18.0 Å². The van der Waals surface area contributed by atoms with E-state index in [1.54, 1.807) is 12.1 Å². The molecule has 2 atom stereocenters. The van der Waals surface area contributed by atoms with Gasteiger partial charge in [-0.2, -0.15) is 17.9 Å². The van der Waals surface area contributed by atoms with Crippen molar-refractivity contribution in [3.63, 3.8) is 0 Å². The lowest BCUT2D eigenvalue weighted by Gasteiger charge is -2.38. The summed E-state index contributed by atoms with van der Waals surface area (Å²) in [6, 6.07) is 12.9. The minimum Gasteiger partial charge on any atom is -0.493 e. The van der Waals surface area contributed by atoms with Crippen LogP contribution in [0.15, 0.2) is 42.5 Å². The number of nitrogens with zero attached hydrogens (tertiary/aromatic N) is 5. The largest absolute Gasteiger partial charge is 0.493 e. The maximum absolute atomic E-state index is 13.4. The molecule has 1 amide bonds. The highest BCUT2D eigenvalue weighted by molar-refractivity contribution is 5.65. The van der Waals surface area contributed by atoms with Crippen molar-refractivity contribution in [1.29, 1.82) is 0 Å². The van der Waals surface area contributed by atoms with E-state index in [4.69, 9.17) is 4.74 Å². The van der Waals surface area contributed by atoms with Crippen molar-refractivity contribution < 1.29 is 27.8 Å². The second-order valence-electron chi connectivity index (χ2n) is 8.63. The lowest BCUT2D eigenvalue weighted by Crippen LogP contribution is -2.49. The summed E-state index contributed by atoms with van der Waals surface area (Å²) in [4.78, 5) is 13.0. The van der Waals surface area contributed by atoms with Gasteiger partial charge < -0.3 is 20.1 Å². The van der Waals surface area contributed by atoms with Gasteiger partial charge in [-0.1, -0.05) is 30.3 Å². The van der Waals surface area contributed by atoms with Crippen LogP contribution in [0.25, 0.3) is 5.69 Å². The number of halogens is 3. The second kappa shape index (κ2) is 9.17. The number of likely N-dealkylation sites (tertiary alicyclic amines) is 1. The molecule has 35 heavy (non-hydrogen) atoms. The molecule has 0 saturated carbocycles. The third kappa shape index (κ3) is 4.65. The number of rotatable bonds is 5. The van der Waals surface area contributed by atoms with Crippen LogP contribution in [0.2, 0.25) is 0 Å². The number of nitrogens with one attached hydrogen (secondary N) is 1. The number of alkyl halides is 3. The van der Waals surface area contributed by atoms with Crippen molar-refractivity contribution >= 4 is 6.09 Å². The molecule has 0 spiro atoms. The number of aromatic nitrogens is 4. The topological polar surface area (TPSA) is 105 Å². The maximum Gasteiger partial charge on any atom is 0.453 e. The van der Waals surface area contributed by atoms with Gasteiger partial charge in [0.1, 0.15) is 5.75 Å². The van der Waals surface area contributed by atoms with E-state index in [1.165, 1.54) is 4.90 Å². The predicted molar refractivity (Wildman–Crippen MR) is 117 cm³/mol. The number of fused-ring (bicyclic) bond motifs is 1. The molecule has 1 aromatic heterocycles. The number of piperidine rings is 1. The first-order valence-corrected chi connectivity index (χ1v) is 11.2. The van der Waals surface area contributed by atoms with Gasteiger partial charge in [-0.15, -0.1) is 5.10 Å². The van der Waals surface area contributed by atoms with Gasteiger partial charge >= 0.3 is 12.3 Å². The molecular weight excluding hydrogens is 465 g/mol. The van der Waals surface area contributed by atoms with Crippen molar-refractivity contribution in [2.45, 2.75) is 37.5 Å². The van der Waals surface area contributed by atoms with E-state index in [9.17, 15) is 23.1 Å². The molecular formula is C23H23F3N6O3. The first-order valence-electron chi connectivity index (χ1n) is 11.2. The van der Waals surface area contributed by atoms with E-state index in [2.05, 4.69) is 20.8 Å². The fourth-order valence-electron chi connectivity index (χ4n) is 4.81. The van der Waals surface area contributed by atoms with Crippen LogP contribution in [-0.2, 0) is 19.1 Å². The van der Waals surface area contributed by atoms with Crippen molar-refractivity contribution in [3.05, 3.63) is 65.0 Å². The summed E-state index contributed by atoms with van der Waals surface area (Å²) < 4.78 is 46.6. The molecule has 0 aliphatic carbocycles. The van der Waals surface area contributed by atoms with E-state index >= 15 is 0 Å². The molecule has 0 bridgehead atoms. The highest BCUT2D eigenvalue weighted by Crippen LogP contribution is 2.35. The van der Waals surface area contributed by atoms with Gasteiger partial charge in [-0.25, -0.2) is 4.79 Å². The Hall–Kier alpha value is -3.67. The molecule has 0 unspecified atom stereocenters. The standard InChI is InChI=1S/C23H23F3N6O3/c24-23(25,26)21-28-29-30-32(21)17-10-15-7-9-35-20(15)16(11-17)12-27-19-6-8-31(22(33)34)13-18(19)14-4-2-1-3-5-14/h1-5,10-11,18-19,27H,6-9,12-13H2,(H,33,34)/t18-,19-/m0/s1. The van der Waals surface area contributed by atoms with Gasteiger partial charge in [-0.3, -0.25) is 0 Å². The Labute approximate surface area is 198 Å². The fourth-order valence-corrected chi connectivity index (χ4v) is 4.81. The summed E-state index contributed by atoms with van der Waals surface area (Å²) in [7, 11) is 0. The van der Waals surface area contributed by atoms with Gasteiger partial charge in [0.2, 0.25) is 0 Å². The molecule has 2 aliphatic heterocycles. The predicted octanol–water partition coefficient (Wildman–Crippen LogP) is 3.24. The number of hydrogen-bond donors (Lipinski definition) is 2. The summed E-state index contributed by atoms with van der Waals surface area (Å²) in [6.45, 7) is 1.52. The summed E-state index contributed by atoms with van der Waals surface area (Å²) in [5.41, 5.74) is 2.73. The number of hydrogen-bond acceptors (Lipinski definition) is 6. The molecule has 2 N–H and O–H groups in total. The maximum atomic E-state index is 13.4. The first kappa shape index (κ1) is 23.1. The summed E-state index contributed by atoms with van der Waals surface area (Å²) in [5, 5.41) is 22.9. The Morgan fingerprint density at radius 2 is 2.03 bits per heavy atom. The molecule has 2 aliphatic rings. The van der Waals surface area contributed by atoms with Crippen LogP contribution in [0, 0.1) is 0 Å². The third-order valence-corrected chi connectivity index (χ3v) is 6.48. The number of carboxylic acid groups (broad SMARTS) is 1. The zero-order chi connectivity index (χ0) is 24.6. The van der Waals surface area contributed by atoms with Crippen LogP contribution in [0.3, 0.4) is 0 Å². The Morgan fingerprint density at radius 1 is 1.23 bits per heavy atom. The average Bonchev–Trinajstić information content (AvgIpc) is 3.52. The number of ether oxygens (including phenoxy) is 1. The van der Waals surface area contributed by atoms with Crippen molar-refractivity contribution in [2.24, 2.45) is 0 Å². The quantitative estimate of drug-likeness (QED) is 0.568. The Bertz CT molecular complexity index is 1220. The van der Waals surface area contributed by atoms with E-state index < -0.39 is 18.1 Å². The minimum atomic E-state index is -4.70. The van der Waals surface area contributed by atoms with E-state index in [1.807, 2.05) is 30.3 Å². The molecule has 3 aromatic rings. The Morgan fingerprint density at radius 3 is 2.77 bits per heavy atom. The van der Waals surface area contributed by atoms with Gasteiger partial charge in [0.25, 0.3) is 5.82 Å². The number of tetrazole rings is 1. The molecule has 1 fully saturated rings. The zero-order valence-corrected chi connectivity index (χ0v) is 18.6. The molecule has 1 saturated heterocycles. The highest BCUT2D eigenvalue weighted by atomic mass is 19.4. The molecule has 184 valence electrons. The van der Waals surface area contributed by atoms with Crippen molar-refractivity contribution in [1.82, 2.24) is 30.4 Å². The zero-order valence-electron chi connectivity index (χ0n) is 18.6. The normalized spacial score (nSPS) is 19.9. The SMILES string of the molecule is O=C(O)N1CC[C@H](NCc2cc(-n3nnnc3C(F)(F)F)cc3c2OCC3)[C@H](c2ccccc2)C1. The summed E-state index contributed by atoms with van der Waals surface area (Å²) in [5.74, 6) is -0.614. The monoisotopic (exact) mass is 488 g/mol. The highest BCUT2D eigenvalue weighted by Gasteiger charge is 2.39. The fraction of sp³-hybridized carbons (Fsp3) is 0.391. The summed E-state index contributed by atoms with van der Waals surface area (Å²) >= 11 is 0. The number of carbonyl (C=O) groups is 1. The van der Waals surface area contributed by atoms with Crippen molar-refractivity contribution in [2.75, 3.05) is 19.7 Å². The van der Waals surface area contributed by atoms with E-state index in [0.717, 1.165) is 11.1 Å². The van der Waals surface area contributed by atoms with Gasteiger partial charge in [0.15, 0.2) is 0 Å².